The first kappa shape index (κ1) is 11.7. The molecule has 1 atom stereocenters. The summed E-state index contributed by atoms with van der Waals surface area (Å²) in [7, 11) is 0. The van der Waals surface area contributed by atoms with Crippen LogP contribution in [0, 0.1) is 0 Å². The molecule has 0 aromatic heterocycles. The summed E-state index contributed by atoms with van der Waals surface area (Å²) in [4.78, 5) is 0. The zero-order chi connectivity index (χ0) is 9.45. The monoisotopic (exact) mass is 169 g/mol. The van der Waals surface area contributed by atoms with E-state index in [0.717, 1.165) is 13.0 Å². The van der Waals surface area contributed by atoms with Gasteiger partial charge < -0.3 is 5.32 Å². The Morgan fingerprint density at radius 2 is 2.08 bits per heavy atom. The lowest BCUT2D eigenvalue weighted by Gasteiger charge is -2.29. The Labute approximate surface area is 77.2 Å². The fourth-order valence-corrected chi connectivity index (χ4v) is 1.42. The van der Waals surface area contributed by atoms with Crippen LogP contribution in [0.5, 0.6) is 0 Å². The molecule has 0 heterocycles. The normalized spacial score (nSPS) is 15.6. The molecule has 0 aliphatic rings. The van der Waals surface area contributed by atoms with E-state index in [1.807, 2.05) is 6.08 Å². The van der Waals surface area contributed by atoms with E-state index in [1.165, 1.54) is 19.3 Å². The van der Waals surface area contributed by atoms with Crippen LogP contribution in [-0.4, -0.2) is 12.1 Å². The minimum Gasteiger partial charge on any atom is -0.311 e. The molecule has 0 aliphatic carbocycles. The van der Waals surface area contributed by atoms with Gasteiger partial charge in [0.1, 0.15) is 0 Å². The van der Waals surface area contributed by atoms with Crippen LogP contribution in [0.3, 0.4) is 0 Å². The fraction of sp³-hybridized carbons (Fsp3) is 0.818. The third-order valence-electron chi connectivity index (χ3n) is 2.48. The molecule has 0 aliphatic heterocycles. The minimum atomic E-state index is 0.345. The number of hydrogen-bond acceptors (Lipinski definition) is 1. The quantitative estimate of drug-likeness (QED) is 0.456. The Kier molecular flexibility index (Phi) is 6.09. The Morgan fingerprint density at radius 1 is 1.42 bits per heavy atom. The first-order valence-corrected chi connectivity index (χ1v) is 5.04. The van der Waals surface area contributed by atoms with Gasteiger partial charge in [-0.2, -0.15) is 0 Å². The molecule has 1 heteroatoms. The lowest BCUT2D eigenvalue weighted by molar-refractivity contribution is 0.320. The molecule has 1 unspecified atom stereocenters. The predicted molar refractivity (Wildman–Crippen MR) is 56.4 cm³/mol. The summed E-state index contributed by atoms with van der Waals surface area (Å²) >= 11 is 0. The lowest BCUT2D eigenvalue weighted by atomic mass is 9.93. The topological polar surface area (TPSA) is 12.0 Å². The van der Waals surface area contributed by atoms with E-state index < -0.39 is 0 Å². The molecule has 0 amide bonds. The van der Waals surface area contributed by atoms with Crippen molar-refractivity contribution in [3.8, 4) is 0 Å². The van der Waals surface area contributed by atoms with E-state index in [1.54, 1.807) is 0 Å². The Morgan fingerprint density at radius 3 is 2.50 bits per heavy atom. The summed E-state index contributed by atoms with van der Waals surface area (Å²) in [5.41, 5.74) is 0.345. The lowest BCUT2D eigenvalue weighted by Crippen LogP contribution is -2.41. The van der Waals surface area contributed by atoms with Crippen molar-refractivity contribution in [1.29, 1.82) is 0 Å². The maximum absolute atomic E-state index is 3.71. The van der Waals surface area contributed by atoms with Gasteiger partial charge in [0.2, 0.25) is 0 Å². The van der Waals surface area contributed by atoms with Gasteiger partial charge >= 0.3 is 0 Å². The van der Waals surface area contributed by atoms with Gasteiger partial charge in [-0.15, -0.1) is 6.58 Å². The molecule has 0 aromatic rings. The van der Waals surface area contributed by atoms with Crippen molar-refractivity contribution < 1.29 is 0 Å². The molecule has 72 valence electrons. The number of rotatable bonds is 7. The summed E-state index contributed by atoms with van der Waals surface area (Å²) < 4.78 is 0. The fourth-order valence-electron chi connectivity index (χ4n) is 1.42. The summed E-state index contributed by atoms with van der Waals surface area (Å²) in [6.45, 7) is 11.6. The third-order valence-corrected chi connectivity index (χ3v) is 2.48. The van der Waals surface area contributed by atoms with Crippen LogP contribution >= 0.6 is 0 Å². The van der Waals surface area contributed by atoms with Gasteiger partial charge in [0.15, 0.2) is 0 Å². The van der Waals surface area contributed by atoms with Gasteiger partial charge in [0.05, 0.1) is 0 Å². The van der Waals surface area contributed by atoms with Crippen molar-refractivity contribution in [2.24, 2.45) is 0 Å². The first-order valence-electron chi connectivity index (χ1n) is 5.04. The summed E-state index contributed by atoms with van der Waals surface area (Å²) in [5.74, 6) is 0. The van der Waals surface area contributed by atoms with Crippen LogP contribution in [-0.2, 0) is 0 Å². The maximum atomic E-state index is 3.71. The summed E-state index contributed by atoms with van der Waals surface area (Å²) in [5, 5.41) is 3.58. The number of nitrogens with one attached hydrogen (secondary N) is 1. The van der Waals surface area contributed by atoms with Crippen LogP contribution in [0.15, 0.2) is 12.7 Å². The van der Waals surface area contributed by atoms with Gasteiger partial charge in [-0.1, -0.05) is 26.3 Å². The highest BCUT2D eigenvalue weighted by Crippen LogP contribution is 2.15. The zero-order valence-corrected chi connectivity index (χ0v) is 8.82. The van der Waals surface area contributed by atoms with E-state index in [-0.39, 0.29) is 0 Å². The third kappa shape index (κ3) is 4.55. The average molecular weight is 169 g/mol. The molecule has 0 saturated carbocycles. The second-order valence-corrected chi connectivity index (χ2v) is 3.67. The Bertz CT molecular complexity index is 120. The van der Waals surface area contributed by atoms with Crippen molar-refractivity contribution in [2.75, 3.05) is 6.54 Å². The number of hydrogen-bond donors (Lipinski definition) is 1. The minimum absolute atomic E-state index is 0.345. The molecule has 0 spiro atoms. The first-order chi connectivity index (χ1) is 5.68. The molecule has 0 radical (unpaired) electrons. The second kappa shape index (κ2) is 6.24. The molecular weight excluding hydrogens is 146 g/mol. The van der Waals surface area contributed by atoms with Crippen LogP contribution < -0.4 is 5.32 Å². The van der Waals surface area contributed by atoms with Crippen molar-refractivity contribution in [2.45, 2.75) is 52.0 Å². The Hall–Kier alpha value is -0.300. The van der Waals surface area contributed by atoms with Crippen molar-refractivity contribution >= 4 is 0 Å². The van der Waals surface area contributed by atoms with Crippen LogP contribution in [0.2, 0.25) is 0 Å². The van der Waals surface area contributed by atoms with E-state index in [0.29, 0.717) is 5.54 Å². The molecule has 1 N–H and O–H groups in total. The van der Waals surface area contributed by atoms with Crippen molar-refractivity contribution in [3.05, 3.63) is 12.7 Å². The van der Waals surface area contributed by atoms with E-state index in [9.17, 15) is 0 Å². The smallest absolute Gasteiger partial charge is 0.0150 e. The molecule has 1 nitrogen and oxygen atoms in total. The largest absolute Gasteiger partial charge is 0.311 e. The standard InChI is InChI=1S/C11H23N/c1-5-8-10-12-11(4,7-3)9-6-2/h5,12H,1,6-10H2,2-4H3. The summed E-state index contributed by atoms with van der Waals surface area (Å²) in [6, 6.07) is 0. The van der Waals surface area contributed by atoms with Gasteiger partial charge in [-0.3, -0.25) is 0 Å². The Balaban J connectivity index is 3.70. The predicted octanol–water partition coefficient (Wildman–Crippen LogP) is 3.12. The maximum Gasteiger partial charge on any atom is 0.0150 e. The van der Waals surface area contributed by atoms with Crippen LogP contribution in [0.25, 0.3) is 0 Å². The van der Waals surface area contributed by atoms with Crippen LogP contribution in [0.1, 0.15) is 46.5 Å². The van der Waals surface area contributed by atoms with Crippen molar-refractivity contribution in [3.63, 3.8) is 0 Å². The molecule has 0 rings (SSSR count). The van der Waals surface area contributed by atoms with Gasteiger partial charge in [-0.05, 0) is 32.7 Å². The molecule has 12 heavy (non-hydrogen) atoms. The van der Waals surface area contributed by atoms with Crippen LogP contribution in [0.4, 0.5) is 0 Å². The molecule has 0 saturated heterocycles. The SMILES string of the molecule is C=CCCNC(C)(CC)CCC. The highest BCUT2D eigenvalue weighted by Gasteiger charge is 2.18. The van der Waals surface area contributed by atoms with Crippen molar-refractivity contribution in [1.82, 2.24) is 5.32 Å². The molecular formula is C11H23N. The highest BCUT2D eigenvalue weighted by atomic mass is 15.0. The summed E-state index contributed by atoms with van der Waals surface area (Å²) in [6.07, 6.45) is 6.76. The second-order valence-electron chi connectivity index (χ2n) is 3.67. The van der Waals surface area contributed by atoms with E-state index >= 15 is 0 Å². The molecule has 0 aromatic carbocycles. The average Bonchev–Trinajstić information content (AvgIpc) is 2.06. The van der Waals surface area contributed by atoms with E-state index in [4.69, 9.17) is 0 Å². The zero-order valence-electron chi connectivity index (χ0n) is 8.82. The van der Waals surface area contributed by atoms with E-state index in [2.05, 4.69) is 32.7 Å². The molecule has 0 bridgehead atoms. The van der Waals surface area contributed by atoms with Gasteiger partial charge in [0.25, 0.3) is 0 Å². The van der Waals surface area contributed by atoms with Gasteiger partial charge in [-0.25, -0.2) is 0 Å². The highest BCUT2D eigenvalue weighted by molar-refractivity contribution is 4.82. The van der Waals surface area contributed by atoms with Gasteiger partial charge in [0, 0.05) is 5.54 Å². The molecule has 0 fully saturated rings.